The molecule has 5 rings (SSSR count). The van der Waals surface area contributed by atoms with Gasteiger partial charge in [0.25, 0.3) is 0 Å². The Hall–Kier alpha value is -1.11. The fraction of sp³-hybridized carbons (Fsp3) is 0.893. The predicted molar refractivity (Wildman–Crippen MR) is 132 cm³/mol. The Morgan fingerprint density at radius 2 is 1.91 bits per heavy atom. The van der Waals surface area contributed by atoms with E-state index in [2.05, 4.69) is 44.7 Å². The van der Waals surface area contributed by atoms with E-state index in [0.717, 1.165) is 57.2 Å². The third kappa shape index (κ3) is 3.66. The molecule has 1 heterocycles. The van der Waals surface area contributed by atoms with Gasteiger partial charge in [-0.05, 0) is 104 Å². The van der Waals surface area contributed by atoms with Gasteiger partial charge in [0.2, 0.25) is 5.88 Å². The highest BCUT2D eigenvalue weighted by molar-refractivity contribution is 5.83. The molecule has 12 atom stereocenters. The summed E-state index contributed by atoms with van der Waals surface area (Å²) in [6.07, 6.45) is 7.50. The summed E-state index contributed by atoms with van der Waals surface area (Å²) >= 11 is 0. The molecule has 5 aliphatic rings. The Labute approximate surface area is 205 Å². The SMILES string of the molecule is C=C1N=C(CC[C@@H](C)[C@H]2CCC3C4C([C@@H](O)C[C@@]32C)[C@@]2(C)CC[C@@H](O)C[C@H]2[C@@H](CC)[C@H]4O)NO1. The van der Waals surface area contributed by atoms with Gasteiger partial charge in [0.1, 0.15) is 5.84 Å². The van der Waals surface area contributed by atoms with Gasteiger partial charge in [-0.2, -0.15) is 4.99 Å². The fourth-order valence-electron chi connectivity index (χ4n) is 10.0. The van der Waals surface area contributed by atoms with Gasteiger partial charge >= 0.3 is 0 Å². The monoisotopic (exact) mass is 474 g/mol. The predicted octanol–water partition coefficient (Wildman–Crippen LogP) is 4.40. The van der Waals surface area contributed by atoms with Gasteiger partial charge in [-0.1, -0.05) is 34.1 Å². The number of nitrogens with one attached hydrogen (secondary N) is 1. The van der Waals surface area contributed by atoms with E-state index in [9.17, 15) is 15.3 Å². The first-order valence-electron chi connectivity index (χ1n) is 13.8. The number of hydrogen-bond acceptors (Lipinski definition) is 6. The summed E-state index contributed by atoms with van der Waals surface area (Å²) in [4.78, 5) is 9.50. The molecule has 0 saturated heterocycles. The molecule has 0 aromatic rings. The highest BCUT2D eigenvalue weighted by Gasteiger charge is 2.67. The van der Waals surface area contributed by atoms with Crippen LogP contribution in [0.1, 0.15) is 85.5 Å². The normalized spacial score (nSPS) is 51.0. The number of amidine groups is 1. The van der Waals surface area contributed by atoms with Crippen molar-refractivity contribution in [2.75, 3.05) is 0 Å². The van der Waals surface area contributed by atoms with E-state index in [1.807, 2.05) is 0 Å². The summed E-state index contributed by atoms with van der Waals surface area (Å²) in [5.41, 5.74) is 2.92. The highest BCUT2D eigenvalue weighted by Crippen LogP contribution is 2.69. The molecule has 34 heavy (non-hydrogen) atoms. The molecule has 6 heteroatoms. The Bertz CT molecular complexity index is 831. The van der Waals surface area contributed by atoms with Crippen LogP contribution in [0.2, 0.25) is 0 Å². The van der Waals surface area contributed by atoms with Crippen LogP contribution in [-0.4, -0.2) is 39.5 Å². The van der Waals surface area contributed by atoms with Gasteiger partial charge in [-0.25, -0.2) is 5.48 Å². The molecule has 3 unspecified atom stereocenters. The summed E-state index contributed by atoms with van der Waals surface area (Å²) in [5.74, 6) is 3.57. The number of fused-ring (bicyclic) bond motifs is 5. The first kappa shape index (κ1) is 24.6. The zero-order chi connectivity index (χ0) is 24.4. The summed E-state index contributed by atoms with van der Waals surface area (Å²) < 4.78 is 0. The minimum absolute atomic E-state index is 0.00291. The molecule has 0 aromatic heterocycles. The van der Waals surface area contributed by atoms with E-state index in [-0.39, 0.29) is 46.9 Å². The maximum absolute atomic E-state index is 11.8. The number of aliphatic hydroxyl groups is 3. The smallest absolute Gasteiger partial charge is 0.240 e. The molecule has 4 aliphatic carbocycles. The van der Waals surface area contributed by atoms with Gasteiger partial charge in [0, 0.05) is 6.42 Å². The molecule has 6 nitrogen and oxygen atoms in total. The van der Waals surface area contributed by atoms with Crippen LogP contribution in [-0.2, 0) is 4.84 Å². The van der Waals surface area contributed by atoms with Crippen LogP contribution in [0.25, 0.3) is 0 Å². The molecule has 0 aromatic carbocycles. The van der Waals surface area contributed by atoms with Crippen LogP contribution in [0.15, 0.2) is 17.5 Å². The van der Waals surface area contributed by atoms with E-state index in [0.29, 0.717) is 29.6 Å². The lowest BCUT2D eigenvalue weighted by Crippen LogP contribution is -2.65. The van der Waals surface area contributed by atoms with Crippen molar-refractivity contribution < 1.29 is 20.2 Å². The first-order chi connectivity index (χ1) is 16.1. The molecule has 1 aliphatic heterocycles. The molecule has 4 fully saturated rings. The average molecular weight is 475 g/mol. The van der Waals surface area contributed by atoms with Gasteiger partial charge in [-0.15, -0.1) is 0 Å². The lowest BCUT2D eigenvalue weighted by Gasteiger charge is -2.66. The van der Waals surface area contributed by atoms with Gasteiger partial charge < -0.3 is 20.2 Å². The van der Waals surface area contributed by atoms with Gasteiger partial charge in [0.15, 0.2) is 0 Å². The third-order valence-corrected chi connectivity index (χ3v) is 11.5. The largest absolute Gasteiger partial charge is 0.393 e. The number of hydroxylamine groups is 1. The van der Waals surface area contributed by atoms with Crippen molar-refractivity contribution in [2.45, 2.75) is 104 Å². The molecule has 4 N–H and O–H groups in total. The molecule has 4 saturated carbocycles. The summed E-state index contributed by atoms with van der Waals surface area (Å²) in [5, 5.41) is 34.1. The molecule has 0 amide bonds. The number of nitrogens with zero attached hydrogens (tertiary/aromatic N) is 1. The molecule has 0 bridgehead atoms. The van der Waals surface area contributed by atoms with Crippen LogP contribution < -0.4 is 5.48 Å². The maximum Gasteiger partial charge on any atom is 0.240 e. The van der Waals surface area contributed by atoms with Crippen LogP contribution in [0.3, 0.4) is 0 Å². The number of hydrogen-bond donors (Lipinski definition) is 4. The molecular formula is C28H46N2O4. The van der Waals surface area contributed by atoms with Crippen molar-refractivity contribution in [1.82, 2.24) is 5.48 Å². The van der Waals surface area contributed by atoms with E-state index < -0.39 is 0 Å². The molecule has 0 radical (unpaired) electrons. The van der Waals surface area contributed by atoms with E-state index in [1.165, 1.54) is 6.42 Å². The van der Waals surface area contributed by atoms with Crippen molar-refractivity contribution >= 4 is 5.84 Å². The second-order valence-corrected chi connectivity index (χ2v) is 12.9. The van der Waals surface area contributed by atoms with Crippen molar-refractivity contribution in [2.24, 2.45) is 57.2 Å². The van der Waals surface area contributed by atoms with Crippen LogP contribution in [0, 0.1) is 52.3 Å². The number of aliphatic hydroxyl groups excluding tert-OH is 3. The van der Waals surface area contributed by atoms with Crippen molar-refractivity contribution in [1.29, 1.82) is 0 Å². The molecule has 0 spiro atoms. The average Bonchev–Trinajstić information content (AvgIpc) is 3.35. The standard InChI is InChI=1S/C28H46N2O4/c1-6-18-21-13-17(31)11-12-27(21,4)25-22(32)14-28(5)19(8-9-20(28)24(25)26(18)33)15(2)7-10-23-29-16(3)34-30-23/h15,17-22,24-26,31-33H,3,6-14H2,1-2,4-5H3,(H,29,30)/t15-,17-,18-,19-,20?,21+,22+,24?,25?,26-,27+,28-/m1/s1. The first-order valence-corrected chi connectivity index (χ1v) is 13.8. The minimum Gasteiger partial charge on any atom is -0.393 e. The second kappa shape index (κ2) is 8.77. The topological polar surface area (TPSA) is 94.3 Å². The van der Waals surface area contributed by atoms with Crippen LogP contribution in [0.4, 0.5) is 0 Å². The van der Waals surface area contributed by atoms with E-state index >= 15 is 0 Å². The van der Waals surface area contributed by atoms with Crippen molar-refractivity contribution in [3.63, 3.8) is 0 Å². The van der Waals surface area contributed by atoms with E-state index in [4.69, 9.17) is 4.84 Å². The number of aliphatic imine (C=N–C) groups is 1. The Morgan fingerprint density at radius 1 is 1.15 bits per heavy atom. The highest BCUT2D eigenvalue weighted by atomic mass is 16.7. The van der Waals surface area contributed by atoms with Crippen molar-refractivity contribution in [3.05, 3.63) is 12.5 Å². The lowest BCUT2D eigenvalue weighted by molar-refractivity contribution is -0.235. The minimum atomic E-state index is -0.383. The zero-order valence-corrected chi connectivity index (χ0v) is 21.5. The van der Waals surface area contributed by atoms with Gasteiger partial charge in [0.05, 0.1) is 18.3 Å². The lowest BCUT2D eigenvalue weighted by atomic mass is 9.40. The molecular weight excluding hydrogens is 428 g/mol. The zero-order valence-electron chi connectivity index (χ0n) is 21.5. The third-order valence-electron chi connectivity index (χ3n) is 11.5. The Kier molecular flexibility index (Phi) is 6.34. The quantitative estimate of drug-likeness (QED) is 0.474. The van der Waals surface area contributed by atoms with Crippen molar-refractivity contribution in [3.8, 4) is 0 Å². The van der Waals surface area contributed by atoms with Gasteiger partial charge in [-0.3, -0.25) is 0 Å². The van der Waals surface area contributed by atoms with Crippen LogP contribution in [0.5, 0.6) is 0 Å². The summed E-state index contributed by atoms with van der Waals surface area (Å²) in [7, 11) is 0. The second-order valence-electron chi connectivity index (χ2n) is 12.9. The summed E-state index contributed by atoms with van der Waals surface area (Å²) in [6, 6.07) is 0. The summed E-state index contributed by atoms with van der Waals surface area (Å²) in [6.45, 7) is 13.1. The fourth-order valence-corrected chi connectivity index (χ4v) is 10.0. The van der Waals surface area contributed by atoms with Crippen LogP contribution >= 0.6 is 0 Å². The Morgan fingerprint density at radius 3 is 2.59 bits per heavy atom. The number of rotatable bonds is 5. The maximum atomic E-state index is 11.8. The Balaban J connectivity index is 1.40. The van der Waals surface area contributed by atoms with E-state index in [1.54, 1.807) is 0 Å². The molecule has 192 valence electrons.